The van der Waals surface area contributed by atoms with Crippen molar-refractivity contribution < 1.29 is 18.7 Å². The number of Topliss-reactive ketones (excluding diaryl/α,β-unsaturated/α-hetero) is 1. The molecule has 1 aromatic carbocycles. The van der Waals surface area contributed by atoms with E-state index >= 15 is 0 Å². The van der Waals surface area contributed by atoms with Crippen LogP contribution in [0.1, 0.15) is 62.4 Å². The summed E-state index contributed by atoms with van der Waals surface area (Å²) in [4.78, 5) is 27.1. The van der Waals surface area contributed by atoms with Gasteiger partial charge in [-0.25, -0.2) is 9.18 Å². The number of carbonyl (C=O) groups is 2. The zero-order valence-corrected chi connectivity index (χ0v) is 15.3. The summed E-state index contributed by atoms with van der Waals surface area (Å²) in [5.41, 5.74) is -0.714. The Morgan fingerprint density at radius 1 is 1.23 bits per heavy atom. The molecule has 6 heteroatoms. The zero-order chi connectivity index (χ0) is 19.1. The van der Waals surface area contributed by atoms with Gasteiger partial charge in [0.25, 0.3) is 0 Å². The van der Waals surface area contributed by atoms with Gasteiger partial charge in [0, 0.05) is 18.0 Å². The average Bonchev–Trinajstić information content (AvgIpc) is 2.83. The fraction of sp³-hybridized carbons (Fsp3) is 0.550. The fourth-order valence-corrected chi connectivity index (χ4v) is 4.03. The topological polar surface area (TPSA) is 70.4 Å². The summed E-state index contributed by atoms with van der Waals surface area (Å²) in [6, 6.07) is 5.98. The lowest BCUT2D eigenvalue weighted by atomic mass is 9.84. The third-order valence-electron chi connectivity index (χ3n) is 5.09. The predicted octanol–water partition coefficient (Wildman–Crippen LogP) is 4.06. The summed E-state index contributed by atoms with van der Waals surface area (Å²) >= 11 is 0. The summed E-state index contributed by atoms with van der Waals surface area (Å²) < 4.78 is 19.8. The largest absolute Gasteiger partial charge is 0.444 e. The van der Waals surface area contributed by atoms with Gasteiger partial charge in [-0.1, -0.05) is 6.07 Å². The van der Waals surface area contributed by atoms with E-state index in [1.165, 1.54) is 18.2 Å². The number of carbonyl (C=O) groups excluding carboxylic acids is 2. The van der Waals surface area contributed by atoms with Crippen LogP contribution >= 0.6 is 0 Å². The maximum Gasteiger partial charge on any atom is 0.410 e. The molecule has 5 nitrogen and oxygen atoms in total. The van der Waals surface area contributed by atoms with Crippen LogP contribution in [0.4, 0.5) is 9.18 Å². The van der Waals surface area contributed by atoms with Crippen molar-refractivity contribution in [3.05, 3.63) is 35.1 Å². The van der Waals surface area contributed by atoms with Gasteiger partial charge in [0.15, 0.2) is 11.6 Å². The number of hydrogen-bond donors (Lipinski definition) is 0. The molecule has 0 spiro atoms. The first-order valence-electron chi connectivity index (χ1n) is 8.95. The van der Waals surface area contributed by atoms with Crippen molar-refractivity contribution in [1.82, 2.24) is 4.90 Å². The second-order valence-corrected chi connectivity index (χ2v) is 8.08. The van der Waals surface area contributed by atoms with Crippen molar-refractivity contribution in [1.29, 1.82) is 5.26 Å². The quantitative estimate of drug-likeness (QED) is 0.748. The molecule has 2 aliphatic rings. The SMILES string of the molecule is CC(C)(C)OC(=O)N1C2CCC1CC(C(=O)c1cccc(C#N)c1F)C2. The van der Waals surface area contributed by atoms with Crippen LogP contribution in [-0.4, -0.2) is 34.5 Å². The van der Waals surface area contributed by atoms with Crippen LogP contribution in [0.3, 0.4) is 0 Å². The number of hydrogen-bond acceptors (Lipinski definition) is 4. The van der Waals surface area contributed by atoms with E-state index in [4.69, 9.17) is 10.00 Å². The number of fused-ring (bicyclic) bond motifs is 2. The molecule has 3 rings (SSSR count). The molecule has 2 fully saturated rings. The molecule has 0 N–H and O–H groups in total. The Labute approximate surface area is 152 Å². The summed E-state index contributed by atoms with van der Waals surface area (Å²) in [5, 5.41) is 8.96. The molecule has 2 saturated heterocycles. The normalized spacial score (nSPS) is 24.9. The lowest BCUT2D eigenvalue weighted by Crippen LogP contribution is -2.49. The van der Waals surface area contributed by atoms with Gasteiger partial charge < -0.3 is 9.64 Å². The predicted molar refractivity (Wildman–Crippen MR) is 93.1 cm³/mol. The van der Waals surface area contributed by atoms with Gasteiger partial charge in [-0.2, -0.15) is 5.26 Å². The maximum atomic E-state index is 14.4. The fourth-order valence-electron chi connectivity index (χ4n) is 4.03. The molecule has 2 unspecified atom stereocenters. The standard InChI is InChI=1S/C20H23FN2O3/c1-20(2,3)26-19(25)23-14-7-8-15(23)10-13(9-14)18(24)16-6-4-5-12(11-22)17(16)21/h4-6,13-15H,7-10H2,1-3H3. The van der Waals surface area contributed by atoms with Crippen LogP contribution in [-0.2, 0) is 4.74 Å². The van der Waals surface area contributed by atoms with Crippen LogP contribution in [0.15, 0.2) is 18.2 Å². The molecular formula is C20H23FN2O3. The van der Waals surface area contributed by atoms with Crippen molar-refractivity contribution in [2.75, 3.05) is 0 Å². The monoisotopic (exact) mass is 358 g/mol. The Morgan fingerprint density at radius 3 is 2.38 bits per heavy atom. The lowest BCUT2D eigenvalue weighted by molar-refractivity contribution is 0.00250. The molecule has 0 aliphatic carbocycles. The van der Waals surface area contributed by atoms with Crippen molar-refractivity contribution in [3.8, 4) is 6.07 Å². The third kappa shape index (κ3) is 3.44. The highest BCUT2D eigenvalue weighted by molar-refractivity contribution is 5.98. The Balaban J connectivity index is 1.76. The average molecular weight is 358 g/mol. The minimum atomic E-state index is -0.748. The summed E-state index contributed by atoms with van der Waals surface area (Å²) in [5.74, 6) is -1.36. The van der Waals surface area contributed by atoms with Crippen LogP contribution in [0, 0.1) is 23.1 Å². The van der Waals surface area contributed by atoms with Crippen LogP contribution in [0.2, 0.25) is 0 Å². The summed E-state index contributed by atoms with van der Waals surface area (Å²) in [6.07, 6.45) is 2.33. The number of rotatable bonds is 2. The Morgan fingerprint density at radius 2 is 1.85 bits per heavy atom. The van der Waals surface area contributed by atoms with Gasteiger partial charge in [-0.05, 0) is 58.6 Å². The Kier molecular flexibility index (Phi) is 4.74. The minimum Gasteiger partial charge on any atom is -0.444 e. The molecule has 0 aromatic heterocycles. The van der Waals surface area contributed by atoms with Crippen molar-refractivity contribution in [2.24, 2.45) is 5.92 Å². The second kappa shape index (κ2) is 6.71. The van der Waals surface area contributed by atoms with E-state index in [-0.39, 0.29) is 41.0 Å². The molecule has 2 bridgehead atoms. The number of ether oxygens (including phenoxy) is 1. The van der Waals surface area contributed by atoms with Crippen LogP contribution in [0.25, 0.3) is 0 Å². The maximum absolute atomic E-state index is 14.4. The number of halogens is 1. The highest BCUT2D eigenvalue weighted by Gasteiger charge is 2.46. The number of ketones is 1. The number of amides is 1. The molecule has 26 heavy (non-hydrogen) atoms. The molecule has 2 heterocycles. The molecule has 138 valence electrons. The second-order valence-electron chi connectivity index (χ2n) is 8.08. The number of nitrogens with zero attached hydrogens (tertiary/aromatic N) is 2. The van der Waals surface area contributed by atoms with Crippen LogP contribution < -0.4 is 0 Å². The molecule has 2 atom stereocenters. The van der Waals surface area contributed by atoms with Gasteiger partial charge >= 0.3 is 6.09 Å². The molecule has 0 saturated carbocycles. The van der Waals surface area contributed by atoms with Crippen molar-refractivity contribution >= 4 is 11.9 Å². The Hall–Kier alpha value is -2.42. The van der Waals surface area contributed by atoms with Gasteiger partial charge in [0.2, 0.25) is 0 Å². The van der Waals surface area contributed by atoms with Gasteiger partial charge in [-0.15, -0.1) is 0 Å². The highest BCUT2D eigenvalue weighted by Crippen LogP contribution is 2.41. The van der Waals surface area contributed by atoms with Crippen molar-refractivity contribution in [2.45, 2.75) is 64.1 Å². The molecule has 1 amide bonds. The van der Waals surface area contributed by atoms with Gasteiger partial charge in [0.1, 0.15) is 11.7 Å². The van der Waals surface area contributed by atoms with Crippen molar-refractivity contribution in [3.63, 3.8) is 0 Å². The first-order valence-corrected chi connectivity index (χ1v) is 8.95. The Bertz CT molecular complexity index is 764. The molecular weight excluding hydrogens is 335 g/mol. The minimum absolute atomic E-state index is 0.0285. The highest BCUT2D eigenvalue weighted by atomic mass is 19.1. The summed E-state index contributed by atoms with van der Waals surface area (Å²) in [7, 11) is 0. The number of nitriles is 1. The van der Waals surface area contributed by atoms with E-state index < -0.39 is 11.4 Å². The van der Waals surface area contributed by atoms with E-state index in [1.807, 2.05) is 20.8 Å². The van der Waals surface area contributed by atoms with E-state index in [2.05, 4.69) is 0 Å². The third-order valence-corrected chi connectivity index (χ3v) is 5.09. The smallest absolute Gasteiger partial charge is 0.410 e. The van der Waals surface area contributed by atoms with E-state index in [0.717, 1.165) is 12.8 Å². The van der Waals surface area contributed by atoms with Gasteiger partial charge in [0.05, 0.1) is 11.1 Å². The van der Waals surface area contributed by atoms with E-state index in [1.54, 1.807) is 11.0 Å². The summed E-state index contributed by atoms with van der Waals surface area (Å²) in [6.45, 7) is 5.48. The number of piperidine rings is 1. The van der Waals surface area contributed by atoms with E-state index in [9.17, 15) is 14.0 Å². The van der Waals surface area contributed by atoms with Crippen LogP contribution in [0.5, 0.6) is 0 Å². The molecule has 2 aliphatic heterocycles. The van der Waals surface area contributed by atoms with Gasteiger partial charge in [-0.3, -0.25) is 4.79 Å². The van der Waals surface area contributed by atoms with E-state index in [0.29, 0.717) is 12.8 Å². The molecule has 0 radical (unpaired) electrons. The number of benzene rings is 1. The zero-order valence-electron chi connectivity index (χ0n) is 15.3. The first-order chi connectivity index (χ1) is 12.2. The lowest BCUT2D eigenvalue weighted by Gasteiger charge is -2.39. The first kappa shape index (κ1) is 18.4. The molecule has 1 aromatic rings.